The molecule has 2 aromatic heterocycles. The van der Waals surface area contributed by atoms with Crippen LogP contribution >= 0.6 is 11.6 Å². The summed E-state index contributed by atoms with van der Waals surface area (Å²) >= 11 is 5.50. The molecule has 0 bridgehead atoms. The molecule has 0 unspecified atom stereocenters. The predicted octanol–water partition coefficient (Wildman–Crippen LogP) is 1.16. The van der Waals surface area contributed by atoms with E-state index in [2.05, 4.69) is 15.1 Å². The SMILES string of the molecule is O=c1cccc(-c2nc(CCl)no2)[nH]1. The second kappa shape index (κ2) is 3.63. The lowest BCUT2D eigenvalue weighted by molar-refractivity contribution is 0.423. The van der Waals surface area contributed by atoms with Gasteiger partial charge in [0.1, 0.15) is 5.69 Å². The van der Waals surface area contributed by atoms with Gasteiger partial charge >= 0.3 is 0 Å². The summed E-state index contributed by atoms with van der Waals surface area (Å²) in [7, 11) is 0. The van der Waals surface area contributed by atoms with E-state index in [0.717, 1.165) is 0 Å². The molecule has 0 saturated carbocycles. The Kier molecular flexibility index (Phi) is 2.32. The monoisotopic (exact) mass is 211 g/mol. The van der Waals surface area contributed by atoms with Crippen LogP contribution in [0.3, 0.4) is 0 Å². The Bertz CT molecular complexity index is 491. The first kappa shape index (κ1) is 8.96. The molecule has 0 aliphatic rings. The number of halogens is 1. The van der Waals surface area contributed by atoms with Crippen molar-refractivity contribution in [2.45, 2.75) is 5.88 Å². The molecule has 6 heteroatoms. The molecule has 0 aliphatic carbocycles. The van der Waals surface area contributed by atoms with Crippen LogP contribution in [0.5, 0.6) is 0 Å². The normalized spacial score (nSPS) is 10.4. The van der Waals surface area contributed by atoms with Crippen molar-refractivity contribution in [3.8, 4) is 11.6 Å². The predicted molar refractivity (Wildman–Crippen MR) is 49.9 cm³/mol. The molecular weight excluding hydrogens is 206 g/mol. The van der Waals surface area contributed by atoms with Gasteiger partial charge in [-0.05, 0) is 6.07 Å². The zero-order valence-electron chi connectivity index (χ0n) is 7.03. The average molecular weight is 212 g/mol. The minimum absolute atomic E-state index is 0.181. The van der Waals surface area contributed by atoms with Crippen LogP contribution in [0, 0.1) is 0 Å². The number of nitrogens with zero attached hydrogens (tertiary/aromatic N) is 2. The molecule has 0 saturated heterocycles. The van der Waals surface area contributed by atoms with Gasteiger partial charge in [0.05, 0.1) is 5.88 Å². The second-order valence-corrected chi connectivity index (χ2v) is 2.85. The van der Waals surface area contributed by atoms with Gasteiger partial charge in [0, 0.05) is 6.07 Å². The van der Waals surface area contributed by atoms with Gasteiger partial charge in [0.25, 0.3) is 5.89 Å². The summed E-state index contributed by atoms with van der Waals surface area (Å²) < 4.78 is 4.88. The van der Waals surface area contributed by atoms with Gasteiger partial charge in [0.15, 0.2) is 5.82 Å². The summed E-state index contributed by atoms with van der Waals surface area (Å²) in [6.07, 6.45) is 0. The highest BCUT2D eigenvalue weighted by Crippen LogP contribution is 2.12. The third-order valence-corrected chi connectivity index (χ3v) is 1.83. The third kappa shape index (κ3) is 1.67. The molecule has 2 heterocycles. The molecule has 5 nitrogen and oxygen atoms in total. The summed E-state index contributed by atoms with van der Waals surface area (Å²) in [5.74, 6) is 0.838. The summed E-state index contributed by atoms with van der Waals surface area (Å²) in [5.41, 5.74) is 0.273. The highest BCUT2D eigenvalue weighted by atomic mass is 35.5. The first-order valence-corrected chi connectivity index (χ1v) is 4.41. The minimum atomic E-state index is -0.215. The highest BCUT2D eigenvalue weighted by molar-refractivity contribution is 6.16. The van der Waals surface area contributed by atoms with Crippen molar-refractivity contribution in [1.82, 2.24) is 15.1 Å². The van der Waals surface area contributed by atoms with Crippen molar-refractivity contribution >= 4 is 11.6 Å². The number of alkyl halides is 1. The Labute approximate surface area is 83.7 Å². The van der Waals surface area contributed by atoms with Gasteiger partial charge in [-0.3, -0.25) is 4.79 Å². The molecule has 0 radical (unpaired) electrons. The smallest absolute Gasteiger partial charge is 0.274 e. The maximum Gasteiger partial charge on any atom is 0.274 e. The lowest BCUT2D eigenvalue weighted by Gasteiger charge is -1.90. The fraction of sp³-hybridized carbons (Fsp3) is 0.125. The first-order valence-electron chi connectivity index (χ1n) is 3.88. The first-order chi connectivity index (χ1) is 6.79. The fourth-order valence-corrected chi connectivity index (χ4v) is 1.10. The highest BCUT2D eigenvalue weighted by Gasteiger charge is 2.07. The van der Waals surface area contributed by atoms with Gasteiger partial charge < -0.3 is 9.51 Å². The summed E-state index contributed by atoms with van der Waals surface area (Å²) in [5, 5.41) is 3.60. The van der Waals surface area contributed by atoms with Crippen LogP contribution in [0.4, 0.5) is 0 Å². The molecule has 0 amide bonds. The van der Waals surface area contributed by atoms with Gasteiger partial charge in [-0.15, -0.1) is 11.6 Å². The summed E-state index contributed by atoms with van der Waals surface area (Å²) in [4.78, 5) is 17.5. The Morgan fingerprint density at radius 1 is 1.50 bits per heavy atom. The van der Waals surface area contributed by atoms with Crippen LogP contribution in [-0.4, -0.2) is 15.1 Å². The molecule has 2 rings (SSSR count). The molecule has 0 spiro atoms. The van der Waals surface area contributed by atoms with E-state index in [1.807, 2.05) is 0 Å². The van der Waals surface area contributed by atoms with Gasteiger partial charge in [-0.1, -0.05) is 11.2 Å². The van der Waals surface area contributed by atoms with E-state index in [1.54, 1.807) is 12.1 Å². The van der Waals surface area contributed by atoms with E-state index >= 15 is 0 Å². The quantitative estimate of drug-likeness (QED) is 0.757. The Morgan fingerprint density at radius 2 is 2.36 bits per heavy atom. The Morgan fingerprint density at radius 3 is 3.00 bits per heavy atom. The maximum atomic E-state index is 11.0. The van der Waals surface area contributed by atoms with E-state index in [1.165, 1.54) is 6.07 Å². The van der Waals surface area contributed by atoms with Crippen molar-refractivity contribution in [2.75, 3.05) is 0 Å². The van der Waals surface area contributed by atoms with Gasteiger partial charge in [-0.25, -0.2) is 0 Å². The molecule has 0 fully saturated rings. The number of aromatic nitrogens is 3. The maximum absolute atomic E-state index is 11.0. The number of hydrogen-bond acceptors (Lipinski definition) is 4. The molecule has 2 aromatic rings. The van der Waals surface area contributed by atoms with Crippen LogP contribution < -0.4 is 5.56 Å². The van der Waals surface area contributed by atoms with E-state index in [4.69, 9.17) is 16.1 Å². The number of pyridine rings is 1. The van der Waals surface area contributed by atoms with E-state index in [-0.39, 0.29) is 17.3 Å². The molecule has 0 aromatic carbocycles. The van der Waals surface area contributed by atoms with Crippen LogP contribution in [0.2, 0.25) is 0 Å². The zero-order chi connectivity index (χ0) is 9.97. The van der Waals surface area contributed by atoms with Crippen LogP contribution in [0.15, 0.2) is 27.5 Å². The zero-order valence-corrected chi connectivity index (χ0v) is 7.78. The number of rotatable bonds is 2. The molecule has 0 atom stereocenters. The number of H-pyrrole nitrogens is 1. The average Bonchev–Trinajstić information content (AvgIpc) is 2.66. The minimum Gasteiger partial charge on any atom is -0.332 e. The van der Waals surface area contributed by atoms with Crippen molar-refractivity contribution in [2.24, 2.45) is 0 Å². The second-order valence-electron chi connectivity index (χ2n) is 2.58. The largest absolute Gasteiger partial charge is 0.332 e. The molecule has 72 valence electrons. The molecular formula is C8H6ClN3O2. The topological polar surface area (TPSA) is 71.8 Å². The van der Waals surface area contributed by atoms with E-state index < -0.39 is 0 Å². The summed E-state index contributed by atoms with van der Waals surface area (Å²) in [6.45, 7) is 0. The molecule has 0 aliphatic heterocycles. The number of aromatic amines is 1. The van der Waals surface area contributed by atoms with Crippen LogP contribution in [0.1, 0.15) is 5.82 Å². The fourth-order valence-electron chi connectivity index (χ4n) is 0.990. The van der Waals surface area contributed by atoms with Crippen molar-refractivity contribution < 1.29 is 4.52 Å². The third-order valence-electron chi connectivity index (χ3n) is 1.59. The van der Waals surface area contributed by atoms with Crippen molar-refractivity contribution in [3.05, 3.63) is 34.4 Å². The van der Waals surface area contributed by atoms with E-state index in [0.29, 0.717) is 11.5 Å². The summed E-state index contributed by atoms with van der Waals surface area (Å²) in [6, 6.07) is 4.69. The van der Waals surface area contributed by atoms with Gasteiger partial charge in [0.2, 0.25) is 5.56 Å². The standard InChI is InChI=1S/C8H6ClN3O2/c9-4-6-11-8(14-12-6)5-2-1-3-7(13)10-5/h1-3H,4H2,(H,10,13). The molecule has 1 N–H and O–H groups in total. The Hall–Kier alpha value is -1.62. The van der Waals surface area contributed by atoms with Crippen LogP contribution in [0.25, 0.3) is 11.6 Å². The van der Waals surface area contributed by atoms with Crippen LogP contribution in [-0.2, 0) is 5.88 Å². The van der Waals surface area contributed by atoms with Crippen molar-refractivity contribution in [3.63, 3.8) is 0 Å². The van der Waals surface area contributed by atoms with Crippen molar-refractivity contribution in [1.29, 1.82) is 0 Å². The number of nitrogens with one attached hydrogen (secondary N) is 1. The van der Waals surface area contributed by atoms with Gasteiger partial charge in [-0.2, -0.15) is 4.98 Å². The van der Waals surface area contributed by atoms with E-state index in [9.17, 15) is 4.79 Å². The lowest BCUT2D eigenvalue weighted by atomic mass is 10.3. The Balaban J connectivity index is 2.44. The lowest BCUT2D eigenvalue weighted by Crippen LogP contribution is -2.03. The molecule has 14 heavy (non-hydrogen) atoms. The number of hydrogen-bond donors (Lipinski definition) is 1.